The van der Waals surface area contributed by atoms with Crippen molar-refractivity contribution in [1.29, 1.82) is 0 Å². The van der Waals surface area contributed by atoms with Crippen molar-refractivity contribution in [1.82, 2.24) is 5.32 Å². The molecule has 5 heteroatoms. The third-order valence-electron chi connectivity index (χ3n) is 3.06. The summed E-state index contributed by atoms with van der Waals surface area (Å²) in [5, 5.41) is 3.01. The first-order chi connectivity index (χ1) is 8.50. The smallest absolute Gasteiger partial charge is 0.325 e. The van der Waals surface area contributed by atoms with E-state index in [-0.39, 0.29) is 12.1 Å². The molecule has 0 aliphatic heterocycles. The fourth-order valence-electron chi connectivity index (χ4n) is 1.70. The van der Waals surface area contributed by atoms with Crippen molar-refractivity contribution < 1.29 is 19.0 Å². The third-order valence-corrected chi connectivity index (χ3v) is 3.06. The highest BCUT2D eigenvalue weighted by atomic mass is 16.5. The molecule has 0 heterocycles. The van der Waals surface area contributed by atoms with Crippen LogP contribution >= 0.6 is 0 Å². The van der Waals surface area contributed by atoms with Crippen LogP contribution in [0, 0.1) is 0 Å². The average Bonchev–Trinajstić information content (AvgIpc) is 2.37. The van der Waals surface area contributed by atoms with E-state index in [1.165, 1.54) is 7.11 Å². The summed E-state index contributed by atoms with van der Waals surface area (Å²) in [5.41, 5.74) is -0.604. The van der Waals surface area contributed by atoms with Crippen LogP contribution in [0.15, 0.2) is 0 Å². The minimum Gasteiger partial charge on any atom is -0.468 e. The number of hydrogen-bond acceptors (Lipinski definition) is 5. The van der Waals surface area contributed by atoms with Crippen molar-refractivity contribution in [3.63, 3.8) is 0 Å². The van der Waals surface area contributed by atoms with E-state index in [4.69, 9.17) is 14.2 Å². The molecule has 18 heavy (non-hydrogen) atoms. The maximum atomic E-state index is 11.6. The standard InChI is InChI=1S/C13H27NO4/c1-11(10-16-4)18-9-7-6-8-13(2,14-3)12(15)17-5/h11,14H,6-10H2,1-5H3. The fourth-order valence-corrected chi connectivity index (χ4v) is 1.70. The van der Waals surface area contributed by atoms with Crippen LogP contribution in [0.1, 0.15) is 33.1 Å². The molecule has 2 atom stereocenters. The van der Waals surface area contributed by atoms with Crippen LogP contribution in [0.25, 0.3) is 0 Å². The second-order valence-electron chi connectivity index (χ2n) is 4.67. The Labute approximate surface area is 110 Å². The van der Waals surface area contributed by atoms with Crippen LogP contribution in [0.4, 0.5) is 0 Å². The summed E-state index contributed by atoms with van der Waals surface area (Å²) < 4.78 is 15.3. The quantitative estimate of drug-likeness (QED) is 0.475. The van der Waals surface area contributed by atoms with E-state index >= 15 is 0 Å². The molecule has 1 N–H and O–H groups in total. The topological polar surface area (TPSA) is 56.8 Å². The van der Waals surface area contributed by atoms with Gasteiger partial charge in [-0.15, -0.1) is 0 Å². The maximum absolute atomic E-state index is 11.6. The molecule has 0 radical (unpaired) electrons. The zero-order valence-corrected chi connectivity index (χ0v) is 12.2. The summed E-state index contributed by atoms with van der Waals surface area (Å²) in [6.07, 6.45) is 2.68. The van der Waals surface area contributed by atoms with Gasteiger partial charge >= 0.3 is 5.97 Å². The van der Waals surface area contributed by atoms with Crippen LogP contribution in [0.3, 0.4) is 0 Å². The lowest BCUT2D eigenvalue weighted by Gasteiger charge is -2.26. The Morgan fingerprint density at radius 3 is 2.50 bits per heavy atom. The molecule has 0 amide bonds. The summed E-state index contributed by atoms with van der Waals surface area (Å²) in [6, 6.07) is 0. The molecule has 0 saturated carbocycles. The van der Waals surface area contributed by atoms with Gasteiger partial charge in [0.05, 0.1) is 19.8 Å². The monoisotopic (exact) mass is 261 g/mol. The number of rotatable bonds is 10. The average molecular weight is 261 g/mol. The van der Waals surface area contributed by atoms with Crippen molar-refractivity contribution in [2.24, 2.45) is 0 Å². The van der Waals surface area contributed by atoms with E-state index in [0.29, 0.717) is 13.2 Å². The fraction of sp³-hybridized carbons (Fsp3) is 0.923. The number of nitrogens with one attached hydrogen (secondary N) is 1. The molecule has 0 bridgehead atoms. The highest BCUT2D eigenvalue weighted by Gasteiger charge is 2.31. The van der Waals surface area contributed by atoms with E-state index in [2.05, 4.69) is 5.32 Å². The molecule has 0 aromatic heterocycles. The number of hydrogen-bond donors (Lipinski definition) is 1. The Kier molecular flexibility index (Phi) is 8.97. The highest BCUT2D eigenvalue weighted by Crippen LogP contribution is 2.15. The van der Waals surface area contributed by atoms with E-state index in [9.17, 15) is 4.79 Å². The Hall–Kier alpha value is -0.650. The molecule has 0 aromatic rings. The van der Waals surface area contributed by atoms with Crippen molar-refractivity contribution in [2.75, 3.05) is 34.5 Å². The Morgan fingerprint density at radius 2 is 2.00 bits per heavy atom. The minimum atomic E-state index is -0.604. The zero-order valence-electron chi connectivity index (χ0n) is 12.2. The lowest BCUT2D eigenvalue weighted by atomic mass is 9.95. The maximum Gasteiger partial charge on any atom is 0.325 e. The van der Waals surface area contributed by atoms with Crippen LogP contribution < -0.4 is 5.32 Å². The van der Waals surface area contributed by atoms with E-state index < -0.39 is 5.54 Å². The second kappa shape index (κ2) is 9.30. The molecule has 0 aromatic carbocycles. The number of likely N-dealkylation sites (N-methyl/N-ethyl adjacent to an activating group) is 1. The van der Waals surface area contributed by atoms with E-state index in [1.807, 2.05) is 13.8 Å². The molecule has 0 saturated heterocycles. The van der Waals surface area contributed by atoms with Gasteiger partial charge in [0.1, 0.15) is 5.54 Å². The molecule has 0 rings (SSSR count). The van der Waals surface area contributed by atoms with Gasteiger partial charge in [-0.25, -0.2) is 0 Å². The molecular formula is C13H27NO4. The Bertz CT molecular complexity index is 235. The predicted molar refractivity (Wildman–Crippen MR) is 70.6 cm³/mol. The van der Waals surface area contributed by atoms with Gasteiger partial charge in [0, 0.05) is 13.7 Å². The zero-order chi connectivity index (χ0) is 14.0. The van der Waals surface area contributed by atoms with Gasteiger partial charge in [0.15, 0.2) is 0 Å². The van der Waals surface area contributed by atoms with Gasteiger partial charge in [-0.2, -0.15) is 0 Å². The molecule has 5 nitrogen and oxygen atoms in total. The van der Waals surface area contributed by atoms with Crippen molar-refractivity contribution in [3.8, 4) is 0 Å². The van der Waals surface area contributed by atoms with Gasteiger partial charge in [0.25, 0.3) is 0 Å². The summed E-state index contributed by atoms with van der Waals surface area (Å²) in [5.74, 6) is -0.223. The summed E-state index contributed by atoms with van der Waals surface area (Å²) in [4.78, 5) is 11.6. The van der Waals surface area contributed by atoms with Gasteiger partial charge in [-0.05, 0) is 40.2 Å². The number of carbonyl (C=O) groups is 1. The van der Waals surface area contributed by atoms with Crippen molar-refractivity contribution >= 4 is 5.97 Å². The first-order valence-electron chi connectivity index (χ1n) is 6.38. The number of methoxy groups -OCH3 is 2. The van der Waals surface area contributed by atoms with Crippen LogP contribution in [-0.2, 0) is 19.0 Å². The van der Waals surface area contributed by atoms with Gasteiger partial charge < -0.3 is 19.5 Å². The number of unbranched alkanes of at least 4 members (excludes halogenated alkanes) is 1. The normalized spacial score (nSPS) is 16.1. The molecule has 0 spiro atoms. The number of carbonyl (C=O) groups excluding carboxylic acids is 1. The van der Waals surface area contributed by atoms with Crippen LogP contribution in [-0.4, -0.2) is 52.1 Å². The second-order valence-corrected chi connectivity index (χ2v) is 4.67. The number of esters is 1. The molecular weight excluding hydrogens is 234 g/mol. The molecule has 0 aliphatic carbocycles. The first-order valence-corrected chi connectivity index (χ1v) is 6.38. The van der Waals surface area contributed by atoms with Crippen molar-refractivity contribution in [2.45, 2.75) is 44.8 Å². The molecule has 2 unspecified atom stereocenters. The number of ether oxygens (including phenoxy) is 3. The lowest BCUT2D eigenvalue weighted by Crippen LogP contribution is -2.48. The first kappa shape index (κ1) is 17.4. The van der Waals surface area contributed by atoms with Crippen LogP contribution in [0.5, 0.6) is 0 Å². The summed E-state index contributed by atoms with van der Waals surface area (Å²) >= 11 is 0. The largest absolute Gasteiger partial charge is 0.468 e. The lowest BCUT2D eigenvalue weighted by molar-refractivity contribution is -0.148. The van der Waals surface area contributed by atoms with Crippen molar-refractivity contribution in [3.05, 3.63) is 0 Å². The predicted octanol–water partition coefficient (Wildman–Crippen LogP) is 1.36. The van der Waals surface area contributed by atoms with Crippen LogP contribution in [0.2, 0.25) is 0 Å². The molecule has 0 fully saturated rings. The third kappa shape index (κ3) is 6.33. The van der Waals surface area contributed by atoms with Gasteiger partial charge in [-0.3, -0.25) is 4.79 Å². The van der Waals surface area contributed by atoms with Gasteiger partial charge in [-0.1, -0.05) is 0 Å². The van der Waals surface area contributed by atoms with E-state index in [0.717, 1.165) is 19.3 Å². The Balaban J connectivity index is 3.78. The van der Waals surface area contributed by atoms with E-state index in [1.54, 1.807) is 14.2 Å². The molecule has 108 valence electrons. The molecule has 0 aliphatic rings. The summed E-state index contributed by atoms with van der Waals surface area (Å²) in [7, 11) is 4.84. The SMILES string of the molecule is CNC(C)(CCCCOC(C)COC)C(=O)OC. The van der Waals surface area contributed by atoms with Gasteiger partial charge in [0.2, 0.25) is 0 Å². The minimum absolute atomic E-state index is 0.117. The summed E-state index contributed by atoms with van der Waals surface area (Å²) in [6.45, 7) is 5.13. The Morgan fingerprint density at radius 1 is 1.33 bits per heavy atom. The highest BCUT2D eigenvalue weighted by molar-refractivity contribution is 5.80.